The van der Waals surface area contributed by atoms with Gasteiger partial charge in [-0.25, -0.2) is 9.65 Å². The monoisotopic (exact) mass is 332 g/mol. The normalized spacial score (nSPS) is 15.0. The van der Waals surface area contributed by atoms with E-state index in [1.165, 1.54) is 0 Å². The fraction of sp³-hybridized carbons (Fsp3) is 0.462. The van der Waals surface area contributed by atoms with Crippen LogP contribution in [-0.2, 0) is 14.1 Å². The van der Waals surface area contributed by atoms with Crippen LogP contribution in [0.2, 0.25) is 0 Å². The third kappa shape index (κ3) is 6.52. The van der Waals surface area contributed by atoms with Gasteiger partial charge >= 0.3 is 12.7 Å². The lowest BCUT2D eigenvalue weighted by atomic mass is 10.3. The van der Waals surface area contributed by atoms with E-state index in [9.17, 15) is 9.36 Å². The third-order valence-electron chi connectivity index (χ3n) is 2.34. The van der Waals surface area contributed by atoms with Crippen molar-refractivity contribution >= 4 is 24.1 Å². The van der Waals surface area contributed by atoms with E-state index in [1.807, 2.05) is 6.07 Å². The van der Waals surface area contributed by atoms with Crippen LogP contribution in [-0.4, -0.2) is 30.9 Å². The van der Waals surface area contributed by atoms with Gasteiger partial charge in [-0.05, 0) is 37.4 Å². The number of nitrogens with one attached hydrogen (secondary N) is 1. The molecule has 6 nitrogen and oxygen atoms in total. The molecule has 1 aromatic rings. The topological polar surface area (TPSA) is 90.6 Å². The number of hydrogen-bond acceptors (Lipinski definition) is 6. The SMILES string of the molecule is CCOC(=O)[C@H](C)N[P@@](=O)(Oc1ccccc1)SCCN. The van der Waals surface area contributed by atoms with Gasteiger partial charge in [0.1, 0.15) is 11.8 Å². The molecule has 0 radical (unpaired) electrons. The highest BCUT2D eigenvalue weighted by molar-refractivity contribution is 8.56. The van der Waals surface area contributed by atoms with Crippen LogP contribution < -0.4 is 15.3 Å². The highest BCUT2D eigenvalue weighted by Gasteiger charge is 2.30. The summed E-state index contributed by atoms with van der Waals surface area (Å²) in [5.41, 5.74) is 5.45. The van der Waals surface area contributed by atoms with Crippen LogP contribution in [0.1, 0.15) is 13.8 Å². The molecule has 0 bridgehead atoms. The minimum atomic E-state index is -3.31. The predicted octanol–water partition coefficient (Wildman–Crippen LogP) is 2.41. The van der Waals surface area contributed by atoms with Crippen molar-refractivity contribution in [3.8, 4) is 5.75 Å². The van der Waals surface area contributed by atoms with E-state index in [2.05, 4.69) is 5.09 Å². The molecular formula is C13H21N2O4PS. The van der Waals surface area contributed by atoms with Gasteiger partial charge in [-0.3, -0.25) is 4.79 Å². The second kappa shape index (κ2) is 9.10. The molecule has 8 heteroatoms. The maximum absolute atomic E-state index is 12.8. The van der Waals surface area contributed by atoms with Gasteiger partial charge in [0, 0.05) is 12.3 Å². The first kappa shape index (κ1) is 18.0. The average molecular weight is 332 g/mol. The summed E-state index contributed by atoms with van der Waals surface area (Å²) in [7, 11) is 0. The molecule has 0 unspecified atom stereocenters. The molecule has 0 heterocycles. The molecule has 0 aliphatic heterocycles. The van der Waals surface area contributed by atoms with E-state index in [1.54, 1.807) is 38.1 Å². The van der Waals surface area contributed by atoms with Crippen LogP contribution >= 0.6 is 18.1 Å². The minimum Gasteiger partial charge on any atom is -0.465 e. The van der Waals surface area contributed by atoms with Gasteiger partial charge in [0.25, 0.3) is 0 Å². The minimum absolute atomic E-state index is 0.268. The zero-order chi connectivity index (χ0) is 15.7. The number of esters is 1. The van der Waals surface area contributed by atoms with Gasteiger partial charge in [-0.15, -0.1) is 0 Å². The summed E-state index contributed by atoms with van der Waals surface area (Å²) in [6, 6.07) is 8.06. The maximum atomic E-state index is 12.8. The number of nitrogens with two attached hydrogens (primary N) is 1. The molecule has 0 saturated carbocycles. The number of benzene rings is 1. The highest BCUT2D eigenvalue weighted by atomic mass is 32.7. The number of rotatable bonds is 9. The van der Waals surface area contributed by atoms with Crippen molar-refractivity contribution in [2.24, 2.45) is 5.73 Å². The molecule has 0 spiro atoms. The molecule has 0 aliphatic rings. The molecule has 0 aromatic heterocycles. The average Bonchev–Trinajstić information content (AvgIpc) is 2.46. The van der Waals surface area contributed by atoms with Gasteiger partial charge in [-0.1, -0.05) is 18.2 Å². The Morgan fingerprint density at radius 2 is 2.10 bits per heavy atom. The van der Waals surface area contributed by atoms with Crippen LogP contribution in [0.5, 0.6) is 5.75 Å². The Kier molecular flexibility index (Phi) is 7.82. The van der Waals surface area contributed by atoms with E-state index in [-0.39, 0.29) is 6.61 Å². The van der Waals surface area contributed by atoms with E-state index >= 15 is 0 Å². The second-order valence-corrected chi connectivity index (χ2v) is 8.45. The summed E-state index contributed by atoms with van der Waals surface area (Å²) in [5.74, 6) is 0.448. The summed E-state index contributed by atoms with van der Waals surface area (Å²) in [4.78, 5) is 11.7. The van der Waals surface area contributed by atoms with Crippen molar-refractivity contribution in [3.05, 3.63) is 30.3 Å². The molecular weight excluding hydrogens is 311 g/mol. The Labute approximate surface area is 129 Å². The quantitative estimate of drug-likeness (QED) is 0.530. The van der Waals surface area contributed by atoms with E-state index in [4.69, 9.17) is 15.0 Å². The standard InChI is InChI=1S/C13H21N2O4PS/c1-3-18-13(16)11(2)15-20(17,21-10-9-14)19-12-7-5-4-6-8-12/h4-8,11H,3,9-10,14H2,1-2H3,(H,15,17)/t11-,20+/m0/s1. The van der Waals surface area contributed by atoms with Gasteiger partial charge in [0.05, 0.1) is 6.61 Å². The molecule has 2 atom stereocenters. The largest absolute Gasteiger partial charge is 0.465 e. The summed E-state index contributed by atoms with van der Waals surface area (Å²) < 4.78 is 23.3. The fourth-order valence-corrected chi connectivity index (χ4v) is 5.10. The van der Waals surface area contributed by atoms with Gasteiger partial charge in [0.2, 0.25) is 0 Å². The third-order valence-corrected chi connectivity index (χ3v) is 6.36. The number of hydrogen-bond donors (Lipinski definition) is 2. The van der Waals surface area contributed by atoms with Gasteiger partial charge < -0.3 is 15.0 Å². The zero-order valence-electron chi connectivity index (χ0n) is 12.2. The lowest BCUT2D eigenvalue weighted by Crippen LogP contribution is -2.34. The van der Waals surface area contributed by atoms with Crippen LogP contribution in [0, 0.1) is 0 Å². The van der Waals surface area contributed by atoms with E-state index < -0.39 is 18.7 Å². The van der Waals surface area contributed by atoms with E-state index in [0.29, 0.717) is 18.0 Å². The predicted molar refractivity (Wildman–Crippen MR) is 85.4 cm³/mol. The van der Waals surface area contributed by atoms with Crippen molar-refractivity contribution in [1.29, 1.82) is 0 Å². The van der Waals surface area contributed by atoms with Crippen LogP contribution in [0.3, 0.4) is 0 Å². The number of para-hydroxylation sites is 1. The first-order valence-corrected chi connectivity index (χ1v) is 9.86. The van der Waals surface area contributed by atoms with Crippen LogP contribution in [0.25, 0.3) is 0 Å². The number of ether oxygens (including phenoxy) is 1. The molecule has 1 rings (SSSR count). The summed E-state index contributed by atoms with van der Waals surface area (Å²) in [6.07, 6.45) is 0. The molecule has 3 N–H and O–H groups in total. The molecule has 0 fully saturated rings. The van der Waals surface area contributed by atoms with Crippen molar-refractivity contribution in [2.45, 2.75) is 19.9 Å². The maximum Gasteiger partial charge on any atom is 0.375 e. The Morgan fingerprint density at radius 1 is 1.43 bits per heavy atom. The molecule has 0 aliphatic carbocycles. The van der Waals surface area contributed by atoms with Crippen molar-refractivity contribution < 1.29 is 18.6 Å². The summed E-state index contributed by atoms with van der Waals surface area (Å²) in [6.45, 7) is 0.628. The molecule has 0 saturated heterocycles. The number of carbonyl (C=O) groups excluding carboxylic acids is 1. The molecule has 118 valence electrons. The molecule has 1 aromatic carbocycles. The summed E-state index contributed by atoms with van der Waals surface area (Å²) >= 11 is 1.07. The van der Waals surface area contributed by atoms with Gasteiger partial charge in [-0.2, -0.15) is 0 Å². The van der Waals surface area contributed by atoms with Crippen LogP contribution in [0.15, 0.2) is 30.3 Å². The second-order valence-electron chi connectivity index (χ2n) is 4.13. The number of carbonyl (C=O) groups is 1. The van der Waals surface area contributed by atoms with Gasteiger partial charge in [0.15, 0.2) is 0 Å². The Bertz CT molecular complexity index is 486. The lowest BCUT2D eigenvalue weighted by molar-refractivity contribution is -0.144. The Morgan fingerprint density at radius 3 is 2.67 bits per heavy atom. The lowest BCUT2D eigenvalue weighted by Gasteiger charge is -2.22. The first-order chi connectivity index (χ1) is 10.0. The highest BCUT2D eigenvalue weighted by Crippen LogP contribution is 2.55. The van der Waals surface area contributed by atoms with Crippen molar-refractivity contribution in [2.75, 3.05) is 18.9 Å². The molecule has 21 heavy (non-hydrogen) atoms. The summed E-state index contributed by atoms with van der Waals surface area (Å²) in [5, 5.41) is 2.73. The van der Waals surface area contributed by atoms with Crippen LogP contribution in [0.4, 0.5) is 0 Å². The Hall–Kier alpha value is -1.01. The van der Waals surface area contributed by atoms with E-state index in [0.717, 1.165) is 11.4 Å². The Balaban J connectivity index is 2.78. The smallest absolute Gasteiger partial charge is 0.375 e. The van der Waals surface area contributed by atoms with Crippen molar-refractivity contribution in [1.82, 2.24) is 5.09 Å². The zero-order valence-corrected chi connectivity index (χ0v) is 13.9. The first-order valence-electron chi connectivity index (χ1n) is 6.64. The molecule has 0 amide bonds. The van der Waals surface area contributed by atoms with Crippen molar-refractivity contribution in [3.63, 3.8) is 0 Å². The fourth-order valence-electron chi connectivity index (χ4n) is 1.44.